The van der Waals surface area contributed by atoms with Gasteiger partial charge in [-0.05, 0) is 18.2 Å². The van der Waals surface area contributed by atoms with Crippen LogP contribution in [0.4, 0.5) is 8.78 Å². The van der Waals surface area contributed by atoms with E-state index in [9.17, 15) is 13.6 Å². The van der Waals surface area contributed by atoms with E-state index in [0.29, 0.717) is 54.8 Å². The summed E-state index contributed by atoms with van der Waals surface area (Å²) < 4.78 is 27.1. The van der Waals surface area contributed by atoms with Gasteiger partial charge in [0, 0.05) is 54.5 Å². The maximum Gasteiger partial charge on any atom is 0.319 e. The number of alkyl halides is 2. The van der Waals surface area contributed by atoms with Crippen LogP contribution in [-0.4, -0.2) is 56.4 Å². The molecule has 3 heterocycles. The van der Waals surface area contributed by atoms with Crippen LogP contribution in [0.3, 0.4) is 0 Å². The van der Waals surface area contributed by atoms with Crippen LogP contribution in [0.15, 0.2) is 67.0 Å². The number of rotatable bonds is 5. The molecular weight excluding hydrogens is 460 g/mol. The van der Waals surface area contributed by atoms with Crippen LogP contribution < -0.4 is 0 Å². The number of amides is 1. The fraction of sp³-hybridized carbons (Fsp3) is 0.240. The number of imidazole rings is 1. The first kappa shape index (κ1) is 22.4. The summed E-state index contributed by atoms with van der Waals surface area (Å²) in [5, 5.41) is 1.35. The van der Waals surface area contributed by atoms with E-state index >= 15 is 0 Å². The second-order valence-electron chi connectivity index (χ2n) is 8.15. The number of carbonyl (C=O) groups is 1. The average Bonchev–Trinajstić information content (AvgIpc) is 3.32. The summed E-state index contributed by atoms with van der Waals surface area (Å²) in [6, 6.07) is 16.8. The smallest absolute Gasteiger partial charge is 0.319 e. The zero-order valence-electron chi connectivity index (χ0n) is 18.2. The number of pyridine rings is 1. The second-order valence-corrected chi connectivity index (χ2v) is 8.56. The molecule has 1 aliphatic heterocycles. The summed E-state index contributed by atoms with van der Waals surface area (Å²) >= 11 is 6.40. The first-order valence-electron chi connectivity index (χ1n) is 11.0. The molecule has 9 heteroatoms. The standard InChI is InChI=1S/C25H22ClF2N5O/c26-20-7-3-1-6-18(20)22-15-19(17-5-2-4-8-21(17)30-22)24(34)32-13-11-31(12-14-32)16-23-29-9-10-33(23)25(27)28/h1-10,15,25H,11-14,16H2. The van der Waals surface area contributed by atoms with Gasteiger partial charge in [-0.2, -0.15) is 8.78 Å². The number of nitrogens with zero attached hydrogens (tertiary/aromatic N) is 5. The van der Waals surface area contributed by atoms with Gasteiger partial charge in [0.2, 0.25) is 0 Å². The van der Waals surface area contributed by atoms with E-state index in [1.54, 1.807) is 17.0 Å². The molecular formula is C25H22ClF2N5O. The molecule has 2 aromatic carbocycles. The van der Waals surface area contributed by atoms with Crippen molar-refractivity contribution in [2.75, 3.05) is 26.2 Å². The predicted molar refractivity (Wildman–Crippen MR) is 127 cm³/mol. The van der Waals surface area contributed by atoms with Gasteiger partial charge in [-0.1, -0.05) is 48.0 Å². The summed E-state index contributed by atoms with van der Waals surface area (Å²) in [6.45, 7) is -0.176. The number of fused-ring (bicyclic) bond motifs is 1. The number of para-hydroxylation sites is 1. The highest BCUT2D eigenvalue weighted by atomic mass is 35.5. The molecule has 0 N–H and O–H groups in total. The number of hydrogen-bond donors (Lipinski definition) is 0. The van der Waals surface area contributed by atoms with Crippen molar-refractivity contribution < 1.29 is 13.6 Å². The van der Waals surface area contributed by atoms with Crippen molar-refractivity contribution in [2.24, 2.45) is 0 Å². The summed E-state index contributed by atoms with van der Waals surface area (Å²) in [5.74, 6) is 0.236. The number of halogens is 3. The van der Waals surface area contributed by atoms with E-state index in [0.717, 1.165) is 21.0 Å². The monoisotopic (exact) mass is 481 g/mol. The third-order valence-electron chi connectivity index (χ3n) is 6.08. The maximum absolute atomic E-state index is 13.6. The third-order valence-corrected chi connectivity index (χ3v) is 6.41. The molecule has 1 saturated heterocycles. The molecule has 0 spiro atoms. The normalized spacial score (nSPS) is 14.8. The van der Waals surface area contributed by atoms with E-state index in [4.69, 9.17) is 16.6 Å². The average molecular weight is 482 g/mol. The highest BCUT2D eigenvalue weighted by Crippen LogP contribution is 2.30. The molecule has 0 bridgehead atoms. The molecule has 0 aliphatic carbocycles. The number of aromatic nitrogens is 3. The quantitative estimate of drug-likeness (QED) is 0.398. The van der Waals surface area contributed by atoms with Gasteiger partial charge < -0.3 is 4.90 Å². The molecule has 1 amide bonds. The van der Waals surface area contributed by atoms with E-state index in [1.807, 2.05) is 47.4 Å². The Hall–Kier alpha value is -3.36. The van der Waals surface area contributed by atoms with Crippen LogP contribution in [0, 0.1) is 0 Å². The van der Waals surface area contributed by atoms with E-state index in [1.165, 1.54) is 12.4 Å². The number of piperazine rings is 1. The van der Waals surface area contributed by atoms with Gasteiger partial charge in [-0.15, -0.1) is 0 Å². The lowest BCUT2D eigenvalue weighted by atomic mass is 10.0. The van der Waals surface area contributed by atoms with Crippen molar-refractivity contribution in [3.05, 3.63) is 83.4 Å². The Morgan fingerprint density at radius 2 is 1.76 bits per heavy atom. The van der Waals surface area contributed by atoms with Gasteiger partial charge in [0.25, 0.3) is 5.91 Å². The van der Waals surface area contributed by atoms with Crippen molar-refractivity contribution >= 4 is 28.4 Å². The Kier molecular flexibility index (Phi) is 6.26. The van der Waals surface area contributed by atoms with E-state index < -0.39 is 6.55 Å². The lowest BCUT2D eigenvalue weighted by Gasteiger charge is -2.34. The minimum absolute atomic E-state index is 0.0827. The molecule has 174 valence electrons. The number of benzene rings is 2. The van der Waals surface area contributed by atoms with Crippen LogP contribution in [0.1, 0.15) is 22.7 Å². The van der Waals surface area contributed by atoms with Gasteiger partial charge in [0.1, 0.15) is 5.82 Å². The van der Waals surface area contributed by atoms with Crippen LogP contribution in [0.25, 0.3) is 22.2 Å². The lowest BCUT2D eigenvalue weighted by molar-refractivity contribution is 0.0556. The molecule has 0 radical (unpaired) electrons. The van der Waals surface area contributed by atoms with Crippen LogP contribution in [-0.2, 0) is 6.54 Å². The molecule has 34 heavy (non-hydrogen) atoms. The first-order valence-corrected chi connectivity index (χ1v) is 11.4. The van der Waals surface area contributed by atoms with Gasteiger partial charge in [0.05, 0.1) is 23.3 Å². The van der Waals surface area contributed by atoms with Crippen LogP contribution in [0.2, 0.25) is 5.02 Å². The Labute approximate surface area is 200 Å². The molecule has 1 fully saturated rings. The molecule has 4 aromatic rings. The number of hydrogen-bond acceptors (Lipinski definition) is 4. The van der Waals surface area contributed by atoms with Gasteiger partial charge in [0.15, 0.2) is 0 Å². The molecule has 6 nitrogen and oxygen atoms in total. The maximum atomic E-state index is 13.6. The Morgan fingerprint density at radius 3 is 2.53 bits per heavy atom. The minimum atomic E-state index is -2.62. The second kappa shape index (κ2) is 9.48. The Balaban J connectivity index is 1.38. The summed E-state index contributed by atoms with van der Waals surface area (Å²) in [5.41, 5.74) is 2.70. The number of carbonyl (C=O) groups excluding carboxylic acids is 1. The van der Waals surface area contributed by atoms with Gasteiger partial charge >= 0.3 is 6.55 Å². The molecule has 0 unspecified atom stereocenters. The van der Waals surface area contributed by atoms with E-state index in [-0.39, 0.29) is 5.91 Å². The molecule has 1 aliphatic rings. The highest BCUT2D eigenvalue weighted by molar-refractivity contribution is 6.33. The zero-order valence-corrected chi connectivity index (χ0v) is 19.0. The van der Waals surface area contributed by atoms with Gasteiger partial charge in [-0.25, -0.2) is 9.97 Å². The molecule has 5 rings (SSSR count). The molecule has 0 atom stereocenters. The van der Waals surface area contributed by atoms with Crippen molar-refractivity contribution in [3.8, 4) is 11.3 Å². The fourth-order valence-corrected chi connectivity index (χ4v) is 4.52. The van der Waals surface area contributed by atoms with Crippen molar-refractivity contribution in [1.29, 1.82) is 0 Å². The van der Waals surface area contributed by atoms with Crippen LogP contribution in [0.5, 0.6) is 0 Å². The lowest BCUT2D eigenvalue weighted by Crippen LogP contribution is -2.48. The SMILES string of the molecule is O=C(c1cc(-c2ccccc2Cl)nc2ccccc12)N1CCN(Cc2nccn2C(F)F)CC1. The highest BCUT2D eigenvalue weighted by Gasteiger charge is 2.25. The molecule has 0 saturated carbocycles. The summed E-state index contributed by atoms with van der Waals surface area (Å²) in [7, 11) is 0. The predicted octanol–water partition coefficient (Wildman–Crippen LogP) is 5.10. The Bertz CT molecular complexity index is 1330. The third kappa shape index (κ3) is 4.38. The summed E-state index contributed by atoms with van der Waals surface area (Å²) in [6.07, 6.45) is 2.66. The Morgan fingerprint density at radius 1 is 1.03 bits per heavy atom. The first-order chi connectivity index (χ1) is 16.5. The van der Waals surface area contributed by atoms with Gasteiger partial charge in [-0.3, -0.25) is 14.3 Å². The van der Waals surface area contributed by atoms with Crippen LogP contribution >= 0.6 is 11.6 Å². The summed E-state index contributed by atoms with van der Waals surface area (Å²) in [4.78, 5) is 26.2. The topological polar surface area (TPSA) is 54.3 Å². The molecule has 2 aromatic heterocycles. The minimum Gasteiger partial charge on any atom is -0.336 e. The van der Waals surface area contributed by atoms with Crippen molar-refractivity contribution in [1.82, 2.24) is 24.3 Å². The van der Waals surface area contributed by atoms with E-state index in [2.05, 4.69) is 4.98 Å². The van der Waals surface area contributed by atoms with Crippen molar-refractivity contribution in [2.45, 2.75) is 13.1 Å². The largest absolute Gasteiger partial charge is 0.336 e. The van der Waals surface area contributed by atoms with Crippen molar-refractivity contribution in [3.63, 3.8) is 0 Å². The fourth-order valence-electron chi connectivity index (χ4n) is 4.28. The zero-order chi connectivity index (χ0) is 23.7.